The Hall–Kier alpha value is -1.34. The van der Waals surface area contributed by atoms with E-state index in [0.717, 1.165) is 0 Å². The van der Waals surface area contributed by atoms with Crippen LogP contribution in [-0.4, -0.2) is 84.9 Å². The van der Waals surface area contributed by atoms with Gasteiger partial charge in [-0.1, -0.05) is 0 Å². The van der Waals surface area contributed by atoms with Crippen LogP contribution in [0.2, 0.25) is 0 Å². The van der Waals surface area contributed by atoms with Crippen LogP contribution in [0.1, 0.15) is 27.7 Å². The summed E-state index contributed by atoms with van der Waals surface area (Å²) in [6, 6.07) is 0. The monoisotopic (exact) mass is 314 g/mol. The maximum absolute atomic E-state index is 12.1. The first kappa shape index (κ1) is 18.7. The first-order valence-corrected chi connectivity index (χ1v) is 7.61. The van der Waals surface area contributed by atoms with Crippen molar-refractivity contribution in [2.24, 2.45) is 4.99 Å². The normalized spacial score (nSPS) is 18.7. The molecular formula is C15H30N4O3. The average Bonchev–Trinajstić information content (AvgIpc) is 2.33. The minimum atomic E-state index is -0.861. The molecule has 7 nitrogen and oxygen atoms in total. The summed E-state index contributed by atoms with van der Waals surface area (Å²) < 4.78 is 5.37. The van der Waals surface area contributed by atoms with E-state index in [0.29, 0.717) is 38.6 Å². The second kappa shape index (κ2) is 7.28. The average molecular weight is 314 g/mol. The van der Waals surface area contributed by atoms with E-state index in [1.54, 1.807) is 11.8 Å². The van der Waals surface area contributed by atoms with Gasteiger partial charge >= 0.3 is 6.09 Å². The lowest BCUT2D eigenvalue weighted by molar-refractivity contribution is 0.0271. The van der Waals surface area contributed by atoms with Gasteiger partial charge in [0, 0.05) is 19.6 Å². The number of aliphatic hydroxyl groups is 1. The number of likely N-dealkylation sites (N-methyl/N-ethyl adjacent to an activating group) is 1. The highest BCUT2D eigenvalue weighted by Crippen LogP contribution is 2.11. The van der Waals surface area contributed by atoms with E-state index >= 15 is 0 Å². The van der Waals surface area contributed by atoms with Gasteiger partial charge < -0.3 is 20.1 Å². The van der Waals surface area contributed by atoms with Gasteiger partial charge in [-0.3, -0.25) is 9.89 Å². The molecule has 1 rings (SSSR count). The number of nitrogens with one attached hydrogen (secondary N) is 1. The summed E-state index contributed by atoms with van der Waals surface area (Å²) in [4.78, 5) is 20.0. The molecule has 0 aromatic carbocycles. The highest BCUT2D eigenvalue weighted by Gasteiger charge is 2.26. The first-order chi connectivity index (χ1) is 9.98. The molecule has 0 spiro atoms. The van der Waals surface area contributed by atoms with Gasteiger partial charge in [0.2, 0.25) is 0 Å². The number of nitrogens with zero attached hydrogens (tertiary/aromatic N) is 3. The van der Waals surface area contributed by atoms with Crippen molar-refractivity contribution in [2.75, 3.05) is 46.8 Å². The number of aliphatic imine (C=N–C) groups is 1. The number of hydrogen-bond donors (Lipinski definition) is 2. The van der Waals surface area contributed by atoms with Gasteiger partial charge in [-0.25, -0.2) is 4.79 Å². The molecule has 0 aliphatic carbocycles. The standard InChI is InChI=1S/C15H30N4O3/c1-14(2,3)22-13(20)19-8-7-16-12(9-19)17-10-15(4,21)11-18(5)6/h21H,7-11H2,1-6H3,(H,16,17). The van der Waals surface area contributed by atoms with Crippen molar-refractivity contribution < 1.29 is 14.6 Å². The lowest BCUT2D eigenvalue weighted by Gasteiger charge is -2.32. The fourth-order valence-corrected chi connectivity index (χ4v) is 2.24. The van der Waals surface area contributed by atoms with Crippen molar-refractivity contribution in [3.63, 3.8) is 0 Å². The zero-order chi connectivity index (χ0) is 17.0. The van der Waals surface area contributed by atoms with Crippen LogP contribution < -0.4 is 5.32 Å². The SMILES string of the molecule is CN(C)CC(C)(O)CNC1=NCCN(C(=O)OC(C)(C)C)C1. The number of amidine groups is 1. The van der Waals surface area contributed by atoms with E-state index in [2.05, 4.69) is 10.3 Å². The van der Waals surface area contributed by atoms with Crippen molar-refractivity contribution in [3.05, 3.63) is 0 Å². The summed E-state index contributed by atoms with van der Waals surface area (Å²) in [5, 5.41) is 13.4. The Morgan fingerprint density at radius 3 is 2.59 bits per heavy atom. The number of ether oxygens (including phenoxy) is 1. The molecule has 0 saturated carbocycles. The molecule has 0 radical (unpaired) electrons. The lowest BCUT2D eigenvalue weighted by Crippen LogP contribution is -2.52. The molecule has 0 saturated heterocycles. The number of amides is 1. The van der Waals surface area contributed by atoms with Crippen LogP contribution in [0.5, 0.6) is 0 Å². The zero-order valence-corrected chi connectivity index (χ0v) is 14.6. The molecule has 22 heavy (non-hydrogen) atoms. The molecule has 1 atom stereocenters. The minimum Gasteiger partial charge on any atom is -0.444 e. The molecule has 0 bridgehead atoms. The molecule has 1 aliphatic rings. The second-order valence-electron chi connectivity index (χ2n) is 7.32. The van der Waals surface area contributed by atoms with Crippen LogP contribution in [0.15, 0.2) is 4.99 Å². The fraction of sp³-hybridized carbons (Fsp3) is 0.867. The summed E-state index contributed by atoms with van der Waals surface area (Å²) >= 11 is 0. The fourth-order valence-electron chi connectivity index (χ4n) is 2.24. The molecule has 7 heteroatoms. The van der Waals surface area contributed by atoms with E-state index in [9.17, 15) is 9.90 Å². The van der Waals surface area contributed by atoms with Crippen LogP contribution >= 0.6 is 0 Å². The van der Waals surface area contributed by atoms with E-state index < -0.39 is 11.2 Å². The Morgan fingerprint density at radius 1 is 1.41 bits per heavy atom. The highest BCUT2D eigenvalue weighted by atomic mass is 16.6. The van der Waals surface area contributed by atoms with Crippen LogP contribution in [-0.2, 0) is 4.74 Å². The van der Waals surface area contributed by atoms with Gasteiger partial charge in [-0.05, 0) is 41.8 Å². The quantitative estimate of drug-likeness (QED) is 0.792. The molecule has 0 aromatic rings. The van der Waals surface area contributed by atoms with E-state index in [-0.39, 0.29) is 6.09 Å². The molecule has 1 aliphatic heterocycles. The van der Waals surface area contributed by atoms with Gasteiger partial charge in [0.25, 0.3) is 0 Å². The lowest BCUT2D eigenvalue weighted by atomic mass is 10.1. The second-order valence-corrected chi connectivity index (χ2v) is 7.32. The van der Waals surface area contributed by atoms with E-state index in [4.69, 9.17) is 4.74 Å². The molecule has 0 fully saturated rings. The summed E-state index contributed by atoms with van der Waals surface area (Å²) in [5.74, 6) is 0.705. The summed E-state index contributed by atoms with van der Waals surface area (Å²) in [6.45, 7) is 9.71. The van der Waals surface area contributed by atoms with Crippen LogP contribution in [0, 0.1) is 0 Å². The largest absolute Gasteiger partial charge is 0.444 e. The molecular weight excluding hydrogens is 284 g/mol. The van der Waals surface area contributed by atoms with Crippen LogP contribution in [0.25, 0.3) is 0 Å². The Bertz CT molecular complexity index is 414. The summed E-state index contributed by atoms with van der Waals surface area (Å²) in [7, 11) is 3.83. The zero-order valence-electron chi connectivity index (χ0n) is 14.6. The smallest absolute Gasteiger partial charge is 0.410 e. The molecule has 1 amide bonds. The molecule has 128 valence electrons. The van der Waals surface area contributed by atoms with Gasteiger partial charge in [0.1, 0.15) is 11.4 Å². The van der Waals surface area contributed by atoms with Gasteiger partial charge in [-0.2, -0.15) is 0 Å². The topological polar surface area (TPSA) is 77.4 Å². The third kappa shape index (κ3) is 7.09. The first-order valence-electron chi connectivity index (χ1n) is 7.61. The molecule has 0 aromatic heterocycles. The predicted octanol–water partition coefficient (Wildman–Crippen LogP) is 0.538. The molecule has 2 N–H and O–H groups in total. The van der Waals surface area contributed by atoms with Gasteiger partial charge in [-0.15, -0.1) is 0 Å². The molecule has 1 unspecified atom stereocenters. The van der Waals surface area contributed by atoms with Crippen molar-refractivity contribution in [1.29, 1.82) is 0 Å². The van der Waals surface area contributed by atoms with Crippen LogP contribution in [0.3, 0.4) is 0 Å². The van der Waals surface area contributed by atoms with E-state index in [1.807, 2.05) is 39.8 Å². The van der Waals surface area contributed by atoms with Crippen molar-refractivity contribution in [3.8, 4) is 0 Å². The van der Waals surface area contributed by atoms with Crippen LogP contribution in [0.4, 0.5) is 4.79 Å². The Morgan fingerprint density at radius 2 is 2.05 bits per heavy atom. The maximum Gasteiger partial charge on any atom is 0.410 e. The Balaban J connectivity index is 2.50. The van der Waals surface area contributed by atoms with Crippen molar-refractivity contribution in [2.45, 2.75) is 38.9 Å². The highest BCUT2D eigenvalue weighted by molar-refractivity contribution is 5.87. The number of carbonyl (C=O) groups excluding carboxylic acids is 1. The van der Waals surface area contributed by atoms with Gasteiger partial charge in [0.05, 0.1) is 18.7 Å². The van der Waals surface area contributed by atoms with Gasteiger partial charge in [0.15, 0.2) is 0 Å². The van der Waals surface area contributed by atoms with Crippen molar-refractivity contribution in [1.82, 2.24) is 15.1 Å². The number of carbonyl (C=O) groups is 1. The molecule has 1 heterocycles. The summed E-state index contributed by atoms with van der Waals surface area (Å²) in [5.41, 5.74) is -1.37. The van der Waals surface area contributed by atoms with Crippen molar-refractivity contribution >= 4 is 11.9 Å². The Kier molecular flexibility index (Phi) is 6.19. The number of hydrogen-bond acceptors (Lipinski definition) is 6. The minimum absolute atomic E-state index is 0.332. The summed E-state index contributed by atoms with van der Waals surface area (Å²) in [6.07, 6.45) is -0.332. The Labute approximate surface area is 133 Å². The third-order valence-electron chi connectivity index (χ3n) is 3.00. The van der Waals surface area contributed by atoms with E-state index in [1.165, 1.54) is 0 Å². The maximum atomic E-state index is 12.1. The third-order valence-corrected chi connectivity index (χ3v) is 3.00. The predicted molar refractivity (Wildman–Crippen MR) is 87.3 cm³/mol. The number of rotatable bonds is 4.